The fourth-order valence-electron chi connectivity index (χ4n) is 2.27. The number of Topliss-reactive ketones (excluding diaryl/α,β-unsaturated/α-hetero) is 1. The van der Waals surface area contributed by atoms with Gasteiger partial charge in [0.15, 0.2) is 0 Å². The molecule has 0 atom stereocenters. The highest BCUT2D eigenvalue weighted by atomic mass is 35.5. The highest BCUT2D eigenvalue weighted by Gasteiger charge is 2.25. The molecule has 0 aliphatic heterocycles. The second-order valence-corrected chi connectivity index (χ2v) is 5.13. The van der Waals surface area contributed by atoms with Crippen LogP contribution in [0, 0.1) is 0 Å². The average molecular weight is 266 g/mol. The van der Waals surface area contributed by atoms with E-state index in [4.69, 9.17) is 11.6 Å². The number of hydrogen-bond acceptors (Lipinski definition) is 2. The molecule has 2 rings (SSSR count). The molecule has 1 aliphatic rings. The molecule has 0 N–H and O–H groups in total. The van der Waals surface area contributed by atoms with Gasteiger partial charge in [-0.05, 0) is 37.1 Å². The lowest BCUT2D eigenvalue weighted by atomic mass is 9.93. The average Bonchev–Trinajstić information content (AvgIpc) is 2.39. The number of carbonyl (C=O) groups excluding carboxylic acids is 2. The van der Waals surface area contributed by atoms with Crippen LogP contribution in [0.25, 0.3) is 0 Å². The van der Waals surface area contributed by atoms with Crippen LogP contribution in [0.15, 0.2) is 24.3 Å². The van der Waals surface area contributed by atoms with Gasteiger partial charge in [-0.3, -0.25) is 9.59 Å². The summed E-state index contributed by atoms with van der Waals surface area (Å²) >= 11 is 5.80. The van der Waals surface area contributed by atoms with Gasteiger partial charge < -0.3 is 4.90 Å². The summed E-state index contributed by atoms with van der Waals surface area (Å²) in [5.41, 5.74) is 0.638. The Morgan fingerprint density at radius 3 is 2.33 bits per heavy atom. The fraction of sp³-hybridized carbons (Fsp3) is 0.429. The molecule has 0 unspecified atom stereocenters. The monoisotopic (exact) mass is 265 g/mol. The second kappa shape index (κ2) is 5.53. The van der Waals surface area contributed by atoms with Gasteiger partial charge in [0.1, 0.15) is 5.78 Å². The van der Waals surface area contributed by atoms with E-state index >= 15 is 0 Å². The molecule has 0 spiro atoms. The first-order chi connectivity index (χ1) is 8.58. The van der Waals surface area contributed by atoms with Gasteiger partial charge in [-0.15, -0.1) is 0 Å². The maximum Gasteiger partial charge on any atom is 0.253 e. The molecule has 0 bridgehead atoms. The van der Waals surface area contributed by atoms with Crippen molar-refractivity contribution in [1.29, 1.82) is 0 Å². The predicted molar refractivity (Wildman–Crippen MR) is 70.8 cm³/mol. The van der Waals surface area contributed by atoms with Gasteiger partial charge in [-0.1, -0.05) is 11.6 Å². The van der Waals surface area contributed by atoms with Crippen molar-refractivity contribution in [2.45, 2.75) is 31.7 Å². The van der Waals surface area contributed by atoms with E-state index in [-0.39, 0.29) is 11.9 Å². The van der Waals surface area contributed by atoms with Crippen LogP contribution in [-0.2, 0) is 4.79 Å². The van der Waals surface area contributed by atoms with Crippen molar-refractivity contribution in [2.24, 2.45) is 0 Å². The Labute approximate surface area is 112 Å². The SMILES string of the molecule is CN(C(=O)c1ccc(Cl)cc1)C1CCC(=O)CC1. The topological polar surface area (TPSA) is 37.4 Å². The van der Waals surface area contributed by atoms with Gasteiger partial charge in [0, 0.05) is 36.5 Å². The van der Waals surface area contributed by atoms with Crippen molar-refractivity contribution < 1.29 is 9.59 Å². The van der Waals surface area contributed by atoms with Gasteiger partial charge in [-0.25, -0.2) is 0 Å². The lowest BCUT2D eigenvalue weighted by Gasteiger charge is -2.30. The summed E-state index contributed by atoms with van der Waals surface area (Å²) in [4.78, 5) is 25.2. The number of benzene rings is 1. The van der Waals surface area contributed by atoms with Crippen LogP contribution in [0.2, 0.25) is 5.02 Å². The van der Waals surface area contributed by atoms with Crippen LogP contribution in [0.5, 0.6) is 0 Å². The van der Waals surface area contributed by atoms with Gasteiger partial charge >= 0.3 is 0 Å². The summed E-state index contributed by atoms with van der Waals surface area (Å²) in [6.45, 7) is 0. The molecule has 3 nitrogen and oxygen atoms in total. The molecule has 96 valence electrons. The van der Waals surface area contributed by atoms with E-state index in [0.29, 0.717) is 29.2 Å². The van der Waals surface area contributed by atoms with Crippen LogP contribution in [-0.4, -0.2) is 29.7 Å². The third-order valence-electron chi connectivity index (χ3n) is 3.47. The summed E-state index contributed by atoms with van der Waals surface area (Å²) in [6.07, 6.45) is 2.72. The van der Waals surface area contributed by atoms with Crippen molar-refractivity contribution >= 4 is 23.3 Å². The number of nitrogens with zero attached hydrogens (tertiary/aromatic N) is 1. The third-order valence-corrected chi connectivity index (χ3v) is 3.72. The largest absolute Gasteiger partial charge is 0.339 e. The molecule has 0 saturated heterocycles. The van der Waals surface area contributed by atoms with Crippen molar-refractivity contribution in [3.63, 3.8) is 0 Å². The summed E-state index contributed by atoms with van der Waals surface area (Å²) in [5.74, 6) is 0.296. The van der Waals surface area contributed by atoms with E-state index in [1.165, 1.54) is 0 Å². The number of amides is 1. The molecule has 4 heteroatoms. The number of ketones is 1. The smallest absolute Gasteiger partial charge is 0.253 e. The van der Waals surface area contributed by atoms with Gasteiger partial charge in [0.25, 0.3) is 5.91 Å². The highest BCUT2D eigenvalue weighted by molar-refractivity contribution is 6.30. The zero-order valence-corrected chi connectivity index (χ0v) is 11.1. The van der Waals surface area contributed by atoms with Crippen molar-refractivity contribution in [3.8, 4) is 0 Å². The number of rotatable bonds is 2. The molecule has 1 amide bonds. The van der Waals surface area contributed by atoms with Gasteiger partial charge in [0.2, 0.25) is 0 Å². The third kappa shape index (κ3) is 2.91. The minimum Gasteiger partial charge on any atom is -0.339 e. The number of carbonyl (C=O) groups is 2. The Hall–Kier alpha value is -1.35. The van der Waals surface area contributed by atoms with Gasteiger partial charge in [0.05, 0.1) is 0 Å². The number of hydrogen-bond donors (Lipinski definition) is 0. The Morgan fingerprint density at radius 2 is 1.78 bits per heavy atom. The fourth-order valence-corrected chi connectivity index (χ4v) is 2.40. The van der Waals surface area contributed by atoms with E-state index < -0.39 is 0 Å². The van der Waals surface area contributed by atoms with Crippen LogP contribution in [0.4, 0.5) is 0 Å². The quantitative estimate of drug-likeness (QED) is 0.825. The maximum absolute atomic E-state index is 12.2. The van der Waals surface area contributed by atoms with Crippen LogP contribution in [0.3, 0.4) is 0 Å². The Morgan fingerprint density at radius 1 is 1.22 bits per heavy atom. The minimum atomic E-state index is -0.00832. The van der Waals surface area contributed by atoms with E-state index in [1.54, 1.807) is 36.2 Å². The Bertz CT molecular complexity index is 445. The minimum absolute atomic E-state index is 0.00832. The lowest BCUT2D eigenvalue weighted by Crippen LogP contribution is -2.39. The molecule has 0 heterocycles. The maximum atomic E-state index is 12.2. The summed E-state index contributed by atoms with van der Waals surface area (Å²) in [6, 6.07) is 7.07. The van der Waals surface area contributed by atoms with Gasteiger partial charge in [-0.2, -0.15) is 0 Å². The molecule has 18 heavy (non-hydrogen) atoms. The predicted octanol–water partition coefficient (Wildman–Crippen LogP) is 2.92. The van der Waals surface area contributed by atoms with E-state index in [1.807, 2.05) is 0 Å². The van der Waals surface area contributed by atoms with E-state index in [0.717, 1.165) is 12.8 Å². The molecule has 0 aromatic heterocycles. The molecule has 1 aromatic rings. The molecular formula is C14H16ClNO2. The zero-order valence-electron chi connectivity index (χ0n) is 10.4. The highest BCUT2D eigenvalue weighted by Crippen LogP contribution is 2.21. The van der Waals surface area contributed by atoms with Crippen LogP contribution >= 0.6 is 11.6 Å². The summed E-state index contributed by atoms with van der Waals surface area (Å²) < 4.78 is 0. The first kappa shape index (κ1) is 13.1. The zero-order chi connectivity index (χ0) is 13.1. The molecule has 1 aromatic carbocycles. The Kier molecular flexibility index (Phi) is 4.02. The van der Waals surface area contributed by atoms with Crippen molar-refractivity contribution in [1.82, 2.24) is 4.90 Å². The summed E-state index contributed by atoms with van der Waals surface area (Å²) in [7, 11) is 1.80. The van der Waals surface area contributed by atoms with E-state index in [2.05, 4.69) is 0 Å². The molecule has 1 fully saturated rings. The second-order valence-electron chi connectivity index (χ2n) is 4.69. The standard InChI is InChI=1S/C14H16ClNO2/c1-16(12-6-8-13(17)9-7-12)14(18)10-2-4-11(15)5-3-10/h2-5,12H,6-9H2,1H3. The molecule has 0 radical (unpaired) electrons. The molecular weight excluding hydrogens is 250 g/mol. The van der Waals surface area contributed by atoms with Crippen molar-refractivity contribution in [2.75, 3.05) is 7.05 Å². The van der Waals surface area contributed by atoms with Crippen molar-refractivity contribution in [3.05, 3.63) is 34.9 Å². The molecule has 1 aliphatic carbocycles. The summed E-state index contributed by atoms with van der Waals surface area (Å²) in [5, 5.41) is 0.623. The normalized spacial score (nSPS) is 16.7. The molecule has 1 saturated carbocycles. The van der Waals surface area contributed by atoms with Crippen LogP contribution in [0.1, 0.15) is 36.0 Å². The van der Waals surface area contributed by atoms with E-state index in [9.17, 15) is 9.59 Å². The Balaban J connectivity index is 2.04. The first-order valence-corrected chi connectivity index (χ1v) is 6.50. The first-order valence-electron chi connectivity index (χ1n) is 6.12. The number of halogens is 1. The van der Waals surface area contributed by atoms with Crippen LogP contribution < -0.4 is 0 Å². The lowest BCUT2D eigenvalue weighted by molar-refractivity contribution is -0.121.